The highest BCUT2D eigenvalue weighted by molar-refractivity contribution is 4.75. The Morgan fingerprint density at radius 1 is 1.40 bits per heavy atom. The molecule has 3 nitrogen and oxygen atoms in total. The van der Waals surface area contributed by atoms with E-state index in [1.54, 1.807) is 0 Å². The average molecular weight is 215 g/mol. The summed E-state index contributed by atoms with van der Waals surface area (Å²) in [4.78, 5) is 2.42. The highest BCUT2D eigenvalue weighted by Gasteiger charge is 2.25. The van der Waals surface area contributed by atoms with Crippen molar-refractivity contribution in [3.8, 4) is 0 Å². The van der Waals surface area contributed by atoms with Gasteiger partial charge in [-0.3, -0.25) is 0 Å². The second-order valence-electron chi connectivity index (χ2n) is 4.44. The summed E-state index contributed by atoms with van der Waals surface area (Å²) >= 11 is 0. The van der Waals surface area contributed by atoms with Crippen LogP contribution in [0.5, 0.6) is 0 Å². The van der Waals surface area contributed by atoms with E-state index in [9.17, 15) is 5.11 Å². The molecule has 0 aromatic rings. The quantitative estimate of drug-likeness (QED) is 0.729. The van der Waals surface area contributed by atoms with Crippen molar-refractivity contribution < 1.29 is 9.84 Å². The summed E-state index contributed by atoms with van der Waals surface area (Å²) in [5.74, 6) is 0.315. The summed E-state index contributed by atoms with van der Waals surface area (Å²) in [6, 6.07) is 0. The zero-order chi connectivity index (χ0) is 11.1. The van der Waals surface area contributed by atoms with Crippen molar-refractivity contribution in [1.82, 2.24) is 4.90 Å². The maximum Gasteiger partial charge on any atom is 0.0624 e. The molecule has 0 saturated carbocycles. The first-order valence-electron chi connectivity index (χ1n) is 6.26. The molecule has 0 spiro atoms. The molecule has 0 aromatic carbocycles. The Kier molecular flexibility index (Phi) is 6.22. The summed E-state index contributed by atoms with van der Waals surface area (Å²) in [7, 11) is 0. The predicted molar refractivity (Wildman–Crippen MR) is 62.0 cm³/mol. The van der Waals surface area contributed by atoms with Gasteiger partial charge in [-0.2, -0.15) is 0 Å². The topological polar surface area (TPSA) is 32.7 Å². The summed E-state index contributed by atoms with van der Waals surface area (Å²) in [5.41, 5.74) is 0. The first-order valence-corrected chi connectivity index (χ1v) is 6.26. The number of hydrogen-bond acceptors (Lipinski definition) is 3. The van der Waals surface area contributed by atoms with Crippen molar-refractivity contribution in [3.63, 3.8) is 0 Å². The number of nitrogens with zero attached hydrogens (tertiary/aromatic N) is 1. The zero-order valence-corrected chi connectivity index (χ0v) is 10.1. The lowest BCUT2D eigenvalue weighted by Gasteiger charge is -2.32. The third-order valence-corrected chi connectivity index (χ3v) is 3.20. The monoisotopic (exact) mass is 215 g/mol. The molecule has 0 amide bonds. The standard InChI is InChI=1S/C12H25NO2/c1-3-5-7-13(4-2)9-11-10-15-8-6-12(11)14/h11-12,14H,3-10H2,1-2H3. The van der Waals surface area contributed by atoms with Crippen LogP contribution in [0.25, 0.3) is 0 Å². The lowest BCUT2D eigenvalue weighted by Crippen LogP contribution is -2.41. The van der Waals surface area contributed by atoms with Crippen LogP contribution in [0.15, 0.2) is 0 Å². The molecular formula is C12H25NO2. The predicted octanol–water partition coefficient (Wildman–Crippen LogP) is 1.51. The lowest BCUT2D eigenvalue weighted by atomic mass is 9.98. The molecule has 1 N–H and O–H groups in total. The van der Waals surface area contributed by atoms with Crippen molar-refractivity contribution >= 4 is 0 Å². The molecular weight excluding hydrogens is 190 g/mol. The van der Waals surface area contributed by atoms with Gasteiger partial charge in [0, 0.05) is 19.1 Å². The second kappa shape index (κ2) is 7.20. The van der Waals surface area contributed by atoms with Crippen LogP contribution in [-0.4, -0.2) is 49.0 Å². The minimum absolute atomic E-state index is 0.158. The Labute approximate surface area is 93.4 Å². The summed E-state index contributed by atoms with van der Waals surface area (Å²) in [6.45, 7) is 9.05. The molecule has 1 saturated heterocycles. The molecule has 2 atom stereocenters. The third-order valence-electron chi connectivity index (χ3n) is 3.20. The van der Waals surface area contributed by atoms with Crippen LogP contribution in [0.1, 0.15) is 33.1 Å². The fourth-order valence-corrected chi connectivity index (χ4v) is 2.05. The van der Waals surface area contributed by atoms with Gasteiger partial charge in [-0.05, 0) is 25.9 Å². The van der Waals surface area contributed by atoms with Gasteiger partial charge in [0.25, 0.3) is 0 Å². The molecule has 2 unspecified atom stereocenters. The van der Waals surface area contributed by atoms with E-state index in [-0.39, 0.29) is 6.10 Å². The zero-order valence-electron chi connectivity index (χ0n) is 10.1. The first-order chi connectivity index (χ1) is 7.27. The highest BCUT2D eigenvalue weighted by Crippen LogP contribution is 2.16. The molecule has 1 aliphatic heterocycles. The smallest absolute Gasteiger partial charge is 0.0624 e. The molecule has 1 fully saturated rings. The Hall–Kier alpha value is -0.120. The van der Waals surface area contributed by atoms with Crippen LogP contribution < -0.4 is 0 Å². The molecule has 15 heavy (non-hydrogen) atoms. The number of rotatable bonds is 6. The summed E-state index contributed by atoms with van der Waals surface area (Å²) < 4.78 is 5.42. The number of hydrogen-bond donors (Lipinski definition) is 1. The Morgan fingerprint density at radius 2 is 2.20 bits per heavy atom. The molecule has 1 heterocycles. The Morgan fingerprint density at radius 3 is 2.80 bits per heavy atom. The van der Waals surface area contributed by atoms with Gasteiger partial charge in [-0.1, -0.05) is 20.3 Å². The van der Waals surface area contributed by atoms with Crippen LogP contribution in [-0.2, 0) is 4.74 Å². The van der Waals surface area contributed by atoms with E-state index in [0.29, 0.717) is 5.92 Å². The van der Waals surface area contributed by atoms with E-state index in [4.69, 9.17) is 4.74 Å². The second-order valence-corrected chi connectivity index (χ2v) is 4.44. The van der Waals surface area contributed by atoms with Crippen molar-refractivity contribution in [2.24, 2.45) is 5.92 Å². The largest absolute Gasteiger partial charge is 0.393 e. The molecule has 3 heteroatoms. The Balaban J connectivity index is 2.29. The Bertz CT molecular complexity index is 164. The van der Waals surface area contributed by atoms with Gasteiger partial charge in [-0.15, -0.1) is 0 Å². The van der Waals surface area contributed by atoms with Gasteiger partial charge in [0.05, 0.1) is 12.7 Å². The van der Waals surface area contributed by atoms with E-state index in [2.05, 4.69) is 18.7 Å². The van der Waals surface area contributed by atoms with Crippen LogP contribution in [0.4, 0.5) is 0 Å². The van der Waals surface area contributed by atoms with Gasteiger partial charge >= 0.3 is 0 Å². The van der Waals surface area contributed by atoms with E-state index in [0.717, 1.165) is 39.3 Å². The molecule has 0 bridgehead atoms. The molecule has 0 aliphatic carbocycles. The van der Waals surface area contributed by atoms with Gasteiger partial charge in [0.1, 0.15) is 0 Å². The van der Waals surface area contributed by atoms with Crippen molar-refractivity contribution in [2.45, 2.75) is 39.2 Å². The number of unbranched alkanes of at least 4 members (excludes halogenated alkanes) is 1. The van der Waals surface area contributed by atoms with E-state index in [1.165, 1.54) is 12.8 Å². The SMILES string of the molecule is CCCCN(CC)CC1COCCC1O. The number of ether oxygens (including phenoxy) is 1. The summed E-state index contributed by atoms with van der Waals surface area (Å²) in [5, 5.41) is 9.83. The molecule has 1 aliphatic rings. The minimum atomic E-state index is -0.158. The van der Waals surface area contributed by atoms with E-state index in [1.807, 2.05) is 0 Å². The van der Waals surface area contributed by atoms with Crippen molar-refractivity contribution in [2.75, 3.05) is 32.8 Å². The molecule has 1 rings (SSSR count). The van der Waals surface area contributed by atoms with E-state index >= 15 is 0 Å². The van der Waals surface area contributed by atoms with Crippen LogP contribution in [0.2, 0.25) is 0 Å². The van der Waals surface area contributed by atoms with Crippen LogP contribution in [0, 0.1) is 5.92 Å². The lowest BCUT2D eigenvalue weighted by molar-refractivity contribution is -0.0462. The van der Waals surface area contributed by atoms with Gasteiger partial charge < -0.3 is 14.7 Å². The third kappa shape index (κ3) is 4.49. The van der Waals surface area contributed by atoms with Crippen LogP contribution in [0.3, 0.4) is 0 Å². The number of aliphatic hydroxyl groups is 1. The first kappa shape index (κ1) is 12.9. The van der Waals surface area contributed by atoms with E-state index < -0.39 is 0 Å². The maximum absolute atomic E-state index is 9.83. The molecule has 0 aromatic heterocycles. The highest BCUT2D eigenvalue weighted by atomic mass is 16.5. The normalized spacial score (nSPS) is 27.2. The van der Waals surface area contributed by atoms with Crippen molar-refractivity contribution in [1.29, 1.82) is 0 Å². The van der Waals surface area contributed by atoms with Gasteiger partial charge in [0.15, 0.2) is 0 Å². The van der Waals surface area contributed by atoms with Gasteiger partial charge in [0.2, 0.25) is 0 Å². The fourth-order valence-electron chi connectivity index (χ4n) is 2.05. The number of aliphatic hydroxyl groups excluding tert-OH is 1. The van der Waals surface area contributed by atoms with Crippen molar-refractivity contribution in [3.05, 3.63) is 0 Å². The molecule has 90 valence electrons. The summed E-state index contributed by atoms with van der Waals surface area (Å²) in [6.07, 6.45) is 3.13. The van der Waals surface area contributed by atoms with Crippen LogP contribution >= 0.6 is 0 Å². The van der Waals surface area contributed by atoms with Gasteiger partial charge in [-0.25, -0.2) is 0 Å². The average Bonchev–Trinajstić information content (AvgIpc) is 2.26. The molecule has 0 radical (unpaired) electrons. The maximum atomic E-state index is 9.83. The minimum Gasteiger partial charge on any atom is -0.393 e. The fraction of sp³-hybridized carbons (Fsp3) is 1.00.